The zero-order valence-electron chi connectivity index (χ0n) is 17.1. The van der Waals surface area contributed by atoms with Gasteiger partial charge in [0.05, 0.1) is 11.4 Å². The highest BCUT2D eigenvalue weighted by molar-refractivity contribution is 5.71. The maximum atomic E-state index is 4.64. The van der Waals surface area contributed by atoms with Crippen molar-refractivity contribution in [1.29, 1.82) is 0 Å². The Kier molecular flexibility index (Phi) is 5.03. The van der Waals surface area contributed by atoms with Crippen molar-refractivity contribution in [2.45, 2.75) is 6.92 Å². The summed E-state index contributed by atoms with van der Waals surface area (Å²) in [6, 6.07) is 30.5. The summed E-state index contributed by atoms with van der Waals surface area (Å²) >= 11 is 0. The molecule has 5 rings (SSSR count). The number of aromatic nitrogens is 4. The first kappa shape index (κ1) is 18.8. The molecule has 2 heterocycles. The fraction of sp³-hybridized carbons (Fsp3) is 0.0370. The molecule has 3 aromatic carbocycles. The second kappa shape index (κ2) is 8.28. The second-order valence-electron chi connectivity index (χ2n) is 7.29. The molecule has 0 bridgehead atoms. The van der Waals surface area contributed by atoms with E-state index >= 15 is 0 Å². The summed E-state index contributed by atoms with van der Waals surface area (Å²) in [5.41, 5.74) is 7.03. The van der Waals surface area contributed by atoms with Crippen LogP contribution in [-0.2, 0) is 0 Å². The van der Waals surface area contributed by atoms with Crippen LogP contribution in [0.25, 0.3) is 45.0 Å². The van der Waals surface area contributed by atoms with E-state index in [1.54, 1.807) is 0 Å². The third-order valence-corrected chi connectivity index (χ3v) is 5.11. The van der Waals surface area contributed by atoms with Crippen molar-refractivity contribution in [3.8, 4) is 45.0 Å². The van der Waals surface area contributed by atoms with Crippen molar-refractivity contribution >= 4 is 0 Å². The van der Waals surface area contributed by atoms with Crippen molar-refractivity contribution in [2.24, 2.45) is 0 Å². The Bertz CT molecular complexity index is 1300. The Morgan fingerprint density at radius 1 is 0.484 bits per heavy atom. The fourth-order valence-electron chi connectivity index (χ4n) is 3.52. The molecule has 0 amide bonds. The van der Waals surface area contributed by atoms with Crippen LogP contribution in [0.4, 0.5) is 0 Å². The van der Waals surface area contributed by atoms with Gasteiger partial charge in [-0.1, -0.05) is 84.9 Å². The molecular formula is C27H20N4. The molecule has 2 aromatic heterocycles. The smallest absolute Gasteiger partial charge is 0.159 e. The lowest BCUT2D eigenvalue weighted by molar-refractivity contribution is 1.06. The van der Waals surface area contributed by atoms with Gasteiger partial charge in [-0.3, -0.25) is 0 Å². The third-order valence-electron chi connectivity index (χ3n) is 5.11. The quantitative estimate of drug-likeness (QED) is 0.358. The number of rotatable bonds is 4. The molecule has 0 unspecified atom stereocenters. The summed E-state index contributed by atoms with van der Waals surface area (Å²) in [6.45, 7) is 1.93. The van der Waals surface area contributed by atoms with Crippen molar-refractivity contribution < 1.29 is 0 Å². The molecule has 0 saturated carbocycles. The lowest BCUT2D eigenvalue weighted by Gasteiger charge is -2.08. The number of hydrogen-bond acceptors (Lipinski definition) is 4. The molecule has 0 aliphatic heterocycles. The van der Waals surface area contributed by atoms with Crippen LogP contribution in [0.2, 0.25) is 0 Å². The van der Waals surface area contributed by atoms with Gasteiger partial charge < -0.3 is 0 Å². The summed E-state index contributed by atoms with van der Waals surface area (Å²) < 4.78 is 0. The average Bonchev–Trinajstić information content (AvgIpc) is 2.85. The van der Waals surface area contributed by atoms with Gasteiger partial charge in [-0.25, -0.2) is 19.9 Å². The van der Waals surface area contributed by atoms with E-state index in [9.17, 15) is 0 Å². The molecule has 0 aliphatic carbocycles. The van der Waals surface area contributed by atoms with Crippen LogP contribution in [0, 0.1) is 6.92 Å². The van der Waals surface area contributed by atoms with E-state index in [4.69, 9.17) is 0 Å². The van der Waals surface area contributed by atoms with E-state index < -0.39 is 0 Å². The minimum Gasteiger partial charge on any atom is -0.236 e. The first-order valence-electron chi connectivity index (χ1n) is 10.2. The van der Waals surface area contributed by atoms with Gasteiger partial charge in [-0.05, 0) is 18.6 Å². The summed E-state index contributed by atoms with van der Waals surface area (Å²) in [7, 11) is 0. The van der Waals surface area contributed by atoms with Crippen molar-refractivity contribution in [2.75, 3.05) is 0 Å². The van der Waals surface area contributed by atoms with E-state index in [0.29, 0.717) is 0 Å². The minimum absolute atomic E-state index is 0.728. The normalized spacial score (nSPS) is 10.7. The maximum absolute atomic E-state index is 4.64. The Labute approximate surface area is 181 Å². The van der Waals surface area contributed by atoms with Gasteiger partial charge in [-0.2, -0.15) is 0 Å². The van der Waals surface area contributed by atoms with E-state index in [-0.39, 0.29) is 0 Å². The second-order valence-corrected chi connectivity index (χ2v) is 7.29. The molecule has 0 spiro atoms. The molecule has 0 fully saturated rings. The van der Waals surface area contributed by atoms with Gasteiger partial charge >= 0.3 is 0 Å². The number of nitrogens with zero attached hydrogens (tertiary/aromatic N) is 4. The highest BCUT2D eigenvalue weighted by Gasteiger charge is 2.08. The summed E-state index contributed by atoms with van der Waals surface area (Å²) in [5, 5.41) is 0. The minimum atomic E-state index is 0.728. The fourth-order valence-corrected chi connectivity index (χ4v) is 3.52. The average molecular weight is 400 g/mol. The van der Waals surface area contributed by atoms with E-state index in [1.807, 2.05) is 73.9 Å². The van der Waals surface area contributed by atoms with E-state index in [0.717, 1.165) is 50.9 Å². The Balaban J connectivity index is 1.42. The molecule has 148 valence electrons. The van der Waals surface area contributed by atoms with Gasteiger partial charge in [0.25, 0.3) is 0 Å². The van der Waals surface area contributed by atoms with E-state index in [2.05, 4.69) is 56.3 Å². The lowest BCUT2D eigenvalue weighted by Crippen LogP contribution is -1.94. The summed E-state index contributed by atoms with van der Waals surface area (Å²) in [5.74, 6) is 1.48. The molecule has 0 atom stereocenters. The first-order valence-corrected chi connectivity index (χ1v) is 10.2. The monoisotopic (exact) mass is 400 g/mol. The molecule has 5 aromatic rings. The Morgan fingerprint density at radius 2 is 0.968 bits per heavy atom. The molecule has 31 heavy (non-hydrogen) atoms. The molecule has 0 N–H and O–H groups in total. The summed E-state index contributed by atoms with van der Waals surface area (Å²) in [4.78, 5) is 18.3. The number of benzene rings is 3. The maximum Gasteiger partial charge on any atom is 0.159 e. The molecular weight excluding hydrogens is 380 g/mol. The van der Waals surface area contributed by atoms with Crippen molar-refractivity contribution in [3.05, 3.63) is 109 Å². The Hall–Kier alpha value is -4.18. The van der Waals surface area contributed by atoms with Gasteiger partial charge in [0, 0.05) is 34.6 Å². The lowest BCUT2D eigenvalue weighted by atomic mass is 10.0. The molecule has 0 saturated heterocycles. The van der Waals surface area contributed by atoms with Crippen LogP contribution < -0.4 is 0 Å². The zero-order chi connectivity index (χ0) is 21.0. The van der Waals surface area contributed by atoms with Crippen LogP contribution >= 0.6 is 0 Å². The van der Waals surface area contributed by atoms with Crippen LogP contribution in [0.3, 0.4) is 0 Å². The standard InChI is InChI=1S/C27H20N4/c1-19-30-25(21-8-4-2-5-9-21)16-26(31-19)22-14-12-20(13-15-22)24-17-28-27(29-18-24)23-10-6-3-7-11-23/h2-18H,1H3. The Morgan fingerprint density at radius 3 is 1.55 bits per heavy atom. The highest BCUT2D eigenvalue weighted by atomic mass is 14.9. The van der Waals surface area contributed by atoms with Gasteiger partial charge in [-0.15, -0.1) is 0 Å². The van der Waals surface area contributed by atoms with Gasteiger partial charge in [0.1, 0.15) is 5.82 Å². The SMILES string of the molecule is Cc1nc(-c2ccccc2)cc(-c2ccc(-c3cnc(-c4ccccc4)nc3)cc2)n1. The topological polar surface area (TPSA) is 51.6 Å². The first-order chi connectivity index (χ1) is 15.3. The number of hydrogen-bond donors (Lipinski definition) is 0. The van der Waals surface area contributed by atoms with Gasteiger partial charge in [0.15, 0.2) is 5.82 Å². The summed E-state index contributed by atoms with van der Waals surface area (Å²) in [6.07, 6.45) is 3.74. The predicted molar refractivity (Wildman–Crippen MR) is 124 cm³/mol. The van der Waals surface area contributed by atoms with Crippen LogP contribution in [0.1, 0.15) is 5.82 Å². The molecule has 4 nitrogen and oxygen atoms in total. The van der Waals surface area contributed by atoms with Crippen molar-refractivity contribution in [3.63, 3.8) is 0 Å². The van der Waals surface area contributed by atoms with Gasteiger partial charge in [0.2, 0.25) is 0 Å². The van der Waals surface area contributed by atoms with Crippen LogP contribution in [0.5, 0.6) is 0 Å². The molecule has 4 heteroatoms. The predicted octanol–water partition coefficient (Wildman–Crippen LogP) is 6.24. The number of aryl methyl sites for hydroxylation is 1. The van der Waals surface area contributed by atoms with Crippen LogP contribution in [0.15, 0.2) is 103 Å². The zero-order valence-corrected chi connectivity index (χ0v) is 17.1. The van der Waals surface area contributed by atoms with Crippen molar-refractivity contribution in [1.82, 2.24) is 19.9 Å². The van der Waals surface area contributed by atoms with E-state index in [1.165, 1.54) is 0 Å². The molecule has 0 aliphatic rings. The van der Waals surface area contributed by atoms with Crippen LogP contribution in [-0.4, -0.2) is 19.9 Å². The highest BCUT2D eigenvalue weighted by Crippen LogP contribution is 2.27. The third kappa shape index (κ3) is 4.09. The largest absolute Gasteiger partial charge is 0.236 e. The molecule has 0 radical (unpaired) electrons.